The summed E-state index contributed by atoms with van der Waals surface area (Å²) in [5, 5.41) is 2.70. The molecule has 1 N–H and O–H groups in total. The van der Waals surface area contributed by atoms with E-state index in [1.54, 1.807) is 0 Å². The van der Waals surface area contributed by atoms with Crippen molar-refractivity contribution < 1.29 is 0 Å². The first-order valence-electron chi connectivity index (χ1n) is 7.42. The molecule has 0 aliphatic carbocycles. The lowest BCUT2D eigenvalue weighted by Crippen LogP contribution is -1.99. The van der Waals surface area contributed by atoms with Crippen LogP contribution in [0, 0.1) is 6.92 Å². The summed E-state index contributed by atoms with van der Waals surface area (Å²) in [7, 11) is 0. The Morgan fingerprint density at radius 3 is 2.62 bits per heavy atom. The van der Waals surface area contributed by atoms with Gasteiger partial charge in [-0.2, -0.15) is 0 Å². The molecule has 4 rings (SSSR count). The zero-order valence-electron chi connectivity index (χ0n) is 12.1. The van der Waals surface area contributed by atoms with Gasteiger partial charge >= 0.3 is 0 Å². The monoisotopic (exact) mass is 274 g/mol. The number of para-hydroxylation sites is 2. The van der Waals surface area contributed by atoms with Crippen molar-refractivity contribution in [3.8, 4) is 0 Å². The summed E-state index contributed by atoms with van der Waals surface area (Å²) < 4.78 is 2.37. The van der Waals surface area contributed by atoms with Gasteiger partial charge in [0.05, 0.1) is 0 Å². The molecule has 0 fully saturated rings. The van der Waals surface area contributed by atoms with Crippen molar-refractivity contribution in [1.29, 1.82) is 0 Å². The molecule has 0 atom stereocenters. The molecule has 0 amide bonds. The SMILES string of the molecule is Cc1cn(CCc2c[nH]c3ccccc23)c2ccccc12. The van der Waals surface area contributed by atoms with Crippen molar-refractivity contribution in [2.75, 3.05) is 0 Å². The molecule has 2 aromatic carbocycles. The zero-order chi connectivity index (χ0) is 14.2. The predicted molar refractivity (Wildman–Crippen MR) is 88.7 cm³/mol. The van der Waals surface area contributed by atoms with Gasteiger partial charge in [0.1, 0.15) is 0 Å². The lowest BCUT2D eigenvalue weighted by atomic mass is 10.1. The molecule has 0 bridgehead atoms. The first-order chi connectivity index (χ1) is 10.3. The minimum Gasteiger partial charge on any atom is -0.361 e. The largest absolute Gasteiger partial charge is 0.361 e. The lowest BCUT2D eigenvalue weighted by Gasteiger charge is -2.05. The molecule has 21 heavy (non-hydrogen) atoms. The van der Waals surface area contributed by atoms with Gasteiger partial charge in [0.2, 0.25) is 0 Å². The molecule has 0 aliphatic heterocycles. The lowest BCUT2D eigenvalue weighted by molar-refractivity contribution is 0.724. The fourth-order valence-corrected chi connectivity index (χ4v) is 3.19. The minimum atomic E-state index is 1.01. The van der Waals surface area contributed by atoms with E-state index in [0.29, 0.717) is 0 Å². The van der Waals surface area contributed by atoms with Gasteiger partial charge in [0, 0.05) is 40.7 Å². The maximum atomic E-state index is 3.36. The number of benzene rings is 2. The van der Waals surface area contributed by atoms with E-state index in [1.165, 1.54) is 32.9 Å². The zero-order valence-corrected chi connectivity index (χ0v) is 12.1. The number of hydrogen-bond donors (Lipinski definition) is 1. The van der Waals surface area contributed by atoms with Crippen LogP contribution in [0.3, 0.4) is 0 Å². The minimum absolute atomic E-state index is 1.01. The third-order valence-electron chi connectivity index (χ3n) is 4.28. The van der Waals surface area contributed by atoms with Crippen LogP contribution in [0.2, 0.25) is 0 Å². The van der Waals surface area contributed by atoms with E-state index in [-0.39, 0.29) is 0 Å². The molecular formula is C19H18N2. The van der Waals surface area contributed by atoms with E-state index >= 15 is 0 Å². The fourth-order valence-electron chi connectivity index (χ4n) is 3.19. The molecule has 104 valence electrons. The number of aromatic nitrogens is 2. The number of nitrogens with zero attached hydrogens (tertiary/aromatic N) is 1. The van der Waals surface area contributed by atoms with Crippen LogP contribution in [-0.4, -0.2) is 9.55 Å². The molecule has 4 aromatic rings. The molecule has 2 heteroatoms. The number of hydrogen-bond acceptors (Lipinski definition) is 0. The average Bonchev–Trinajstić information content (AvgIpc) is 3.08. The van der Waals surface area contributed by atoms with Crippen LogP contribution in [-0.2, 0) is 13.0 Å². The number of rotatable bonds is 3. The van der Waals surface area contributed by atoms with Crippen LogP contribution in [0.15, 0.2) is 60.9 Å². The van der Waals surface area contributed by atoms with E-state index in [0.717, 1.165) is 13.0 Å². The third-order valence-corrected chi connectivity index (χ3v) is 4.28. The Hall–Kier alpha value is -2.48. The third kappa shape index (κ3) is 2.04. The molecule has 2 heterocycles. The van der Waals surface area contributed by atoms with Gasteiger partial charge in [0.15, 0.2) is 0 Å². The summed E-state index contributed by atoms with van der Waals surface area (Å²) in [5.74, 6) is 0. The summed E-state index contributed by atoms with van der Waals surface area (Å²) in [5.41, 5.74) is 5.29. The highest BCUT2D eigenvalue weighted by atomic mass is 15.0. The first kappa shape index (κ1) is 12.3. The summed E-state index contributed by atoms with van der Waals surface area (Å²) in [6.07, 6.45) is 5.45. The molecule has 0 aliphatic rings. The average molecular weight is 274 g/mol. The van der Waals surface area contributed by atoms with Crippen LogP contribution in [0.1, 0.15) is 11.1 Å². The number of aryl methyl sites for hydroxylation is 3. The van der Waals surface area contributed by atoms with Crippen LogP contribution < -0.4 is 0 Å². The van der Waals surface area contributed by atoms with E-state index in [9.17, 15) is 0 Å². The summed E-state index contributed by atoms with van der Waals surface area (Å²) in [6.45, 7) is 3.20. The fraction of sp³-hybridized carbons (Fsp3) is 0.158. The van der Waals surface area contributed by atoms with Crippen molar-refractivity contribution in [1.82, 2.24) is 9.55 Å². The Bertz CT molecular complexity index is 912. The number of nitrogens with one attached hydrogen (secondary N) is 1. The van der Waals surface area contributed by atoms with Gasteiger partial charge < -0.3 is 9.55 Å². The van der Waals surface area contributed by atoms with Crippen LogP contribution >= 0.6 is 0 Å². The Labute approximate surface area is 124 Å². The Morgan fingerprint density at radius 1 is 0.952 bits per heavy atom. The van der Waals surface area contributed by atoms with Gasteiger partial charge in [-0.05, 0) is 36.6 Å². The second-order valence-corrected chi connectivity index (χ2v) is 5.63. The second-order valence-electron chi connectivity index (χ2n) is 5.63. The molecule has 0 saturated heterocycles. The van der Waals surface area contributed by atoms with Crippen molar-refractivity contribution in [2.45, 2.75) is 19.9 Å². The van der Waals surface area contributed by atoms with Crippen LogP contribution in [0.5, 0.6) is 0 Å². The standard InChI is InChI=1S/C19H18N2/c1-14-13-21(19-9-5-3-6-16(14)19)11-10-15-12-20-18-8-4-2-7-17(15)18/h2-9,12-13,20H,10-11H2,1H3. The maximum Gasteiger partial charge on any atom is 0.0483 e. The molecular weight excluding hydrogens is 256 g/mol. The highest BCUT2D eigenvalue weighted by Crippen LogP contribution is 2.22. The Balaban J connectivity index is 1.67. The van der Waals surface area contributed by atoms with Gasteiger partial charge in [0.25, 0.3) is 0 Å². The smallest absolute Gasteiger partial charge is 0.0483 e. The number of fused-ring (bicyclic) bond motifs is 2. The van der Waals surface area contributed by atoms with E-state index in [1.807, 2.05) is 0 Å². The Kier molecular flexibility index (Phi) is 2.81. The van der Waals surface area contributed by atoms with Crippen LogP contribution in [0.25, 0.3) is 21.8 Å². The van der Waals surface area contributed by atoms with Crippen molar-refractivity contribution >= 4 is 21.8 Å². The van der Waals surface area contributed by atoms with E-state index < -0.39 is 0 Å². The van der Waals surface area contributed by atoms with E-state index in [2.05, 4.69) is 77.4 Å². The summed E-state index contributed by atoms with van der Waals surface area (Å²) in [6, 6.07) is 17.1. The van der Waals surface area contributed by atoms with Gasteiger partial charge in [-0.1, -0.05) is 36.4 Å². The summed E-state index contributed by atoms with van der Waals surface area (Å²) in [4.78, 5) is 3.36. The molecule has 0 saturated carbocycles. The van der Waals surface area contributed by atoms with Gasteiger partial charge in [-0.25, -0.2) is 0 Å². The molecule has 2 aromatic heterocycles. The normalized spacial score (nSPS) is 11.5. The highest BCUT2D eigenvalue weighted by molar-refractivity contribution is 5.84. The second kappa shape index (κ2) is 4.81. The maximum absolute atomic E-state index is 3.36. The van der Waals surface area contributed by atoms with E-state index in [4.69, 9.17) is 0 Å². The molecule has 2 nitrogen and oxygen atoms in total. The predicted octanol–water partition coefficient (Wildman–Crippen LogP) is 4.67. The topological polar surface area (TPSA) is 20.7 Å². The molecule has 0 radical (unpaired) electrons. The quantitative estimate of drug-likeness (QED) is 0.560. The van der Waals surface area contributed by atoms with Gasteiger partial charge in [-0.15, -0.1) is 0 Å². The Morgan fingerprint density at radius 2 is 1.71 bits per heavy atom. The molecule has 0 unspecified atom stereocenters. The van der Waals surface area contributed by atoms with Gasteiger partial charge in [-0.3, -0.25) is 0 Å². The van der Waals surface area contributed by atoms with Crippen molar-refractivity contribution in [2.24, 2.45) is 0 Å². The molecule has 0 spiro atoms. The number of aromatic amines is 1. The van der Waals surface area contributed by atoms with Crippen molar-refractivity contribution in [3.63, 3.8) is 0 Å². The van der Waals surface area contributed by atoms with Crippen LogP contribution in [0.4, 0.5) is 0 Å². The number of H-pyrrole nitrogens is 1. The summed E-state index contributed by atoms with van der Waals surface area (Å²) >= 11 is 0. The van der Waals surface area contributed by atoms with Crippen molar-refractivity contribution in [3.05, 3.63) is 72.1 Å². The highest BCUT2D eigenvalue weighted by Gasteiger charge is 2.06. The first-order valence-corrected chi connectivity index (χ1v) is 7.42.